The van der Waals surface area contributed by atoms with Crippen LogP contribution >= 0.6 is 0 Å². The lowest BCUT2D eigenvalue weighted by atomic mass is 10.0. The molecule has 0 spiro atoms. The van der Waals surface area contributed by atoms with Crippen LogP contribution in [-0.2, 0) is 0 Å². The zero-order chi connectivity index (χ0) is 16.5. The van der Waals surface area contributed by atoms with E-state index in [0.717, 1.165) is 6.42 Å². The molecule has 0 bridgehead atoms. The van der Waals surface area contributed by atoms with Crippen molar-refractivity contribution in [2.75, 3.05) is 0 Å². The van der Waals surface area contributed by atoms with Gasteiger partial charge in [0.1, 0.15) is 0 Å². The maximum atomic E-state index is 3.71. The summed E-state index contributed by atoms with van der Waals surface area (Å²) in [4.78, 5) is 0. The highest BCUT2D eigenvalue weighted by Crippen LogP contribution is 2.16. The first-order valence-corrected chi connectivity index (χ1v) is 9.41. The molecular formula is C22H38. The fourth-order valence-electron chi connectivity index (χ4n) is 2.66. The number of allylic oxidation sites excluding steroid dienone is 7. The van der Waals surface area contributed by atoms with Gasteiger partial charge in [0, 0.05) is 0 Å². The van der Waals surface area contributed by atoms with Crippen LogP contribution in [0.2, 0.25) is 0 Å². The van der Waals surface area contributed by atoms with Gasteiger partial charge in [0.05, 0.1) is 0 Å². The first kappa shape index (κ1) is 21.0. The Hall–Kier alpha value is -1.04. The molecule has 0 heteroatoms. The second-order valence-corrected chi connectivity index (χ2v) is 6.02. The van der Waals surface area contributed by atoms with E-state index in [0.29, 0.717) is 0 Å². The average Bonchev–Trinajstić information content (AvgIpc) is 2.55. The third-order valence-corrected chi connectivity index (χ3v) is 4.20. The van der Waals surface area contributed by atoms with Gasteiger partial charge in [0.15, 0.2) is 0 Å². The predicted octanol–water partition coefficient (Wildman–Crippen LogP) is 7.93. The Morgan fingerprint density at radius 1 is 0.773 bits per heavy atom. The van der Waals surface area contributed by atoms with Crippen molar-refractivity contribution in [3.63, 3.8) is 0 Å². The lowest BCUT2D eigenvalue weighted by molar-refractivity contribution is 0.656. The van der Waals surface area contributed by atoms with Crippen LogP contribution in [-0.4, -0.2) is 0 Å². The summed E-state index contributed by atoms with van der Waals surface area (Å²) in [7, 11) is 0. The minimum Gasteiger partial charge on any atom is -0.0991 e. The van der Waals surface area contributed by atoms with Crippen molar-refractivity contribution in [1.29, 1.82) is 0 Å². The third-order valence-electron chi connectivity index (χ3n) is 4.20. The Kier molecular flexibility index (Phi) is 15.6. The summed E-state index contributed by atoms with van der Waals surface area (Å²) in [5.74, 6) is 0. The molecule has 126 valence electrons. The second-order valence-electron chi connectivity index (χ2n) is 6.02. The third kappa shape index (κ3) is 12.7. The largest absolute Gasteiger partial charge is 0.0991 e. The van der Waals surface area contributed by atoms with Gasteiger partial charge in [-0.1, -0.05) is 88.1 Å². The van der Waals surface area contributed by atoms with E-state index < -0.39 is 0 Å². The van der Waals surface area contributed by atoms with E-state index in [4.69, 9.17) is 0 Å². The standard InChI is InChI=1S/C22H38/c1-5-9-11-13-17-21(7-3)19-15-16-20-22(8-4)18-14-12-10-6-2/h5,9,11,19-20H,1,6-8,10,12-18H2,2-4H3. The Morgan fingerprint density at radius 2 is 1.41 bits per heavy atom. The molecule has 0 aromatic rings. The molecule has 0 atom stereocenters. The molecule has 0 saturated heterocycles. The maximum absolute atomic E-state index is 3.71. The first-order valence-electron chi connectivity index (χ1n) is 9.41. The highest BCUT2D eigenvalue weighted by atomic mass is 14.0. The quantitative estimate of drug-likeness (QED) is 0.173. The number of unbranched alkanes of at least 4 members (excludes halogenated alkanes) is 4. The average molecular weight is 303 g/mol. The molecule has 0 aliphatic heterocycles. The fraction of sp³-hybridized carbons (Fsp3) is 0.636. The Balaban J connectivity index is 4.04. The van der Waals surface area contributed by atoms with Crippen molar-refractivity contribution < 1.29 is 0 Å². The summed E-state index contributed by atoms with van der Waals surface area (Å²) in [6.45, 7) is 10.5. The van der Waals surface area contributed by atoms with Crippen LogP contribution in [0.15, 0.2) is 48.1 Å². The topological polar surface area (TPSA) is 0 Å². The molecule has 22 heavy (non-hydrogen) atoms. The van der Waals surface area contributed by atoms with Crippen molar-refractivity contribution in [1.82, 2.24) is 0 Å². The predicted molar refractivity (Wildman–Crippen MR) is 103 cm³/mol. The Labute approximate surface area is 140 Å². The molecule has 0 aliphatic rings. The number of hydrogen-bond acceptors (Lipinski definition) is 0. The molecule has 0 saturated carbocycles. The van der Waals surface area contributed by atoms with Crippen LogP contribution in [0.5, 0.6) is 0 Å². The monoisotopic (exact) mass is 302 g/mol. The highest BCUT2D eigenvalue weighted by molar-refractivity contribution is 5.07. The fourth-order valence-corrected chi connectivity index (χ4v) is 2.66. The minimum absolute atomic E-state index is 1.14. The summed E-state index contributed by atoms with van der Waals surface area (Å²) in [6.07, 6.45) is 25.0. The number of hydrogen-bond donors (Lipinski definition) is 0. The SMILES string of the molecule is C=CC=CCCC(=CCCC=C(CC)CCCCCC)CC. The molecule has 0 amide bonds. The van der Waals surface area contributed by atoms with Gasteiger partial charge in [-0.3, -0.25) is 0 Å². The van der Waals surface area contributed by atoms with E-state index in [2.05, 4.69) is 45.6 Å². The van der Waals surface area contributed by atoms with Crippen LogP contribution in [0.25, 0.3) is 0 Å². The smallest absolute Gasteiger partial charge is 0.0286 e. The Morgan fingerprint density at radius 3 is 1.95 bits per heavy atom. The summed E-state index contributed by atoms with van der Waals surface area (Å²) < 4.78 is 0. The van der Waals surface area contributed by atoms with E-state index in [1.54, 1.807) is 11.1 Å². The molecule has 0 aromatic heterocycles. The van der Waals surface area contributed by atoms with Gasteiger partial charge in [-0.15, -0.1) is 0 Å². The van der Waals surface area contributed by atoms with Gasteiger partial charge in [0.2, 0.25) is 0 Å². The van der Waals surface area contributed by atoms with E-state index >= 15 is 0 Å². The second kappa shape index (κ2) is 16.3. The summed E-state index contributed by atoms with van der Waals surface area (Å²) in [5, 5.41) is 0. The molecule has 0 aromatic carbocycles. The van der Waals surface area contributed by atoms with Crippen molar-refractivity contribution in [2.24, 2.45) is 0 Å². The van der Waals surface area contributed by atoms with Crippen LogP contribution < -0.4 is 0 Å². The zero-order valence-corrected chi connectivity index (χ0v) is 15.4. The van der Waals surface area contributed by atoms with Crippen molar-refractivity contribution >= 4 is 0 Å². The van der Waals surface area contributed by atoms with Gasteiger partial charge in [-0.2, -0.15) is 0 Å². The van der Waals surface area contributed by atoms with Crippen LogP contribution in [0.1, 0.15) is 91.4 Å². The Bertz CT molecular complexity index is 341. The van der Waals surface area contributed by atoms with Crippen LogP contribution in [0.3, 0.4) is 0 Å². The molecule has 0 fully saturated rings. The van der Waals surface area contributed by atoms with E-state index in [-0.39, 0.29) is 0 Å². The molecule has 0 unspecified atom stereocenters. The molecule has 0 radical (unpaired) electrons. The van der Waals surface area contributed by atoms with E-state index in [1.807, 2.05) is 12.2 Å². The van der Waals surface area contributed by atoms with Gasteiger partial charge >= 0.3 is 0 Å². The minimum atomic E-state index is 1.14. The van der Waals surface area contributed by atoms with E-state index in [9.17, 15) is 0 Å². The van der Waals surface area contributed by atoms with Crippen molar-refractivity contribution in [3.8, 4) is 0 Å². The van der Waals surface area contributed by atoms with Crippen LogP contribution in [0.4, 0.5) is 0 Å². The molecule has 0 heterocycles. The normalized spacial score (nSPS) is 13.0. The molecule has 0 aliphatic carbocycles. The highest BCUT2D eigenvalue weighted by Gasteiger charge is 1.96. The number of rotatable bonds is 14. The first-order chi connectivity index (χ1) is 10.8. The van der Waals surface area contributed by atoms with E-state index in [1.165, 1.54) is 64.2 Å². The van der Waals surface area contributed by atoms with Gasteiger partial charge in [-0.05, 0) is 51.4 Å². The molecular weight excluding hydrogens is 264 g/mol. The summed E-state index contributed by atoms with van der Waals surface area (Å²) in [6, 6.07) is 0. The molecule has 0 N–H and O–H groups in total. The van der Waals surface area contributed by atoms with Crippen molar-refractivity contribution in [2.45, 2.75) is 91.4 Å². The molecule has 0 rings (SSSR count). The van der Waals surface area contributed by atoms with Crippen LogP contribution in [0, 0.1) is 0 Å². The molecule has 0 nitrogen and oxygen atoms in total. The zero-order valence-electron chi connectivity index (χ0n) is 15.4. The van der Waals surface area contributed by atoms with Gasteiger partial charge in [-0.25, -0.2) is 0 Å². The van der Waals surface area contributed by atoms with Gasteiger partial charge in [0.25, 0.3) is 0 Å². The summed E-state index contributed by atoms with van der Waals surface area (Å²) >= 11 is 0. The van der Waals surface area contributed by atoms with Gasteiger partial charge < -0.3 is 0 Å². The van der Waals surface area contributed by atoms with Crippen molar-refractivity contribution in [3.05, 3.63) is 48.1 Å². The maximum Gasteiger partial charge on any atom is -0.0286 e. The lowest BCUT2D eigenvalue weighted by Crippen LogP contribution is -1.85. The lowest BCUT2D eigenvalue weighted by Gasteiger charge is -2.05. The summed E-state index contributed by atoms with van der Waals surface area (Å²) in [5.41, 5.74) is 3.26.